The summed E-state index contributed by atoms with van der Waals surface area (Å²) in [6.45, 7) is 2.33. The molecule has 0 fully saturated rings. The highest BCUT2D eigenvalue weighted by Crippen LogP contribution is 2.14. The number of halogens is 1. The van der Waals surface area contributed by atoms with Gasteiger partial charge in [0, 0.05) is 16.2 Å². The van der Waals surface area contributed by atoms with Crippen LogP contribution in [0.5, 0.6) is 0 Å². The van der Waals surface area contributed by atoms with Gasteiger partial charge < -0.3 is 10.6 Å². The van der Waals surface area contributed by atoms with Crippen molar-refractivity contribution in [3.8, 4) is 0 Å². The zero-order valence-corrected chi connectivity index (χ0v) is 12.9. The maximum Gasteiger partial charge on any atom is 0.238 e. The SMILES string of the molecule is C[C@@H](NCC(=O)Nc1ccc(Br)cc1)c1ccccc1. The molecule has 4 heteroatoms. The molecule has 0 unspecified atom stereocenters. The van der Waals surface area contributed by atoms with E-state index in [0.29, 0.717) is 0 Å². The van der Waals surface area contributed by atoms with Gasteiger partial charge in [-0.05, 0) is 36.8 Å². The van der Waals surface area contributed by atoms with Crippen molar-refractivity contribution in [2.24, 2.45) is 0 Å². The molecule has 0 aliphatic carbocycles. The van der Waals surface area contributed by atoms with E-state index in [4.69, 9.17) is 0 Å². The molecule has 0 spiro atoms. The highest BCUT2D eigenvalue weighted by Gasteiger charge is 2.07. The van der Waals surface area contributed by atoms with Gasteiger partial charge in [-0.2, -0.15) is 0 Å². The van der Waals surface area contributed by atoms with Crippen LogP contribution in [0.1, 0.15) is 18.5 Å². The van der Waals surface area contributed by atoms with E-state index >= 15 is 0 Å². The molecule has 0 saturated heterocycles. The summed E-state index contributed by atoms with van der Waals surface area (Å²) in [5, 5.41) is 6.06. The predicted octanol–water partition coefficient (Wildman–Crippen LogP) is 3.74. The number of anilines is 1. The Morgan fingerprint density at radius 1 is 1.10 bits per heavy atom. The molecule has 1 amide bonds. The van der Waals surface area contributed by atoms with E-state index < -0.39 is 0 Å². The number of rotatable bonds is 5. The summed E-state index contributed by atoms with van der Waals surface area (Å²) in [7, 11) is 0. The minimum Gasteiger partial charge on any atom is -0.325 e. The Hall–Kier alpha value is -1.65. The molecular weight excluding hydrogens is 316 g/mol. The van der Waals surface area contributed by atoms with Crippen molar-refractivity contribution in [1.82, 2.24) is 5.32 Å². The zero-order chi connectivity index (χ0) is 14.4. The summed E-state index contributed by atoms with van der Waals surface area (Å²) >= 11 is 3.36. The molecule has 2 N–H and O–H groups in total. The molecule has 0 aromatic heterocycles. The summed E-state index contributed by atoms with van der Waals surface area (Å²) in [6, 6.07) is 17.7. The van der Waals surface area contributed by atoms with E-state index in [0.717, 1.165) is 10.2 Å². The standard InChI is InChI=1S/C16H17BrN2O/c1-12(13-5-3-2-4-6-13)18-11-16(20)19-15-9-7-14(17)8-10-15/h2-10,12,18H,11H2,1H3,(H,19,20)/t12-/m1/s1. The van der Waals surface area contributed by atoms with Crippen LogP contribution in [0.2, 0.25) is 0 Å². The Kier molecular flexibility index (Phi) is 5.32. The van der Waals surface area contributed by atoms with Crippen LogP contribution in [-0.4, -0.2) is 12.5 Å². The number of carbonyl (C=O) groups excluding carboxylic acids is 1. The zero-order valence-electron chi connectivity index (χ0n) is 11.3. The molecule has 2 aromatic carbocycles. The van der Waals surface area contributed by atoms with Gasteiger partial charge in [0.1, 0.15) is 0 Å². The maximum atomic E-state index is 11.8. The number of benzene rings is 2. The second-order valence-electron chi connectivity index (χ2n) is 4.57. The van der Waals surface area contributed by atoms with Crippen molar-refractivity contribution in [2.45, 2.75) is 13.0 Å². The van der Waals surface area contributed by atoms with Crippen LogP contribution >= 0.6 is 15.9 Å². The van der Waals surface area contributed by atoms with Gasteiger partial charge in [-0.25, -0.2) is 0 Å². The maximum absolute atomic E-state index is 11.8. The van der Waals surface area contributed by atoms with E-state index in [2.05, 4.69) is 26.6 Å². The smallest absolute Gasteiger partial charge is 0.238 e. The first-order valence-corrected chi connectivity index (χ1v) is 7.28. The van der Waals surface area contributed by atoms with Crippen LogP contribution in [0.25, 0.3) is 0 Å². The Morgan fingerprint density at radius 2 is 1.75 bits per heavy atom. The van der Waals surface area contributed by atoms with Gasteiger partial charge in [-0.1, -0.05) is 46.3 Å². The molecule has 2 aromatic rings. The van der Waals surface area contributed by atoms with Crippen LogP contribution in [0.15, 0.2) is 59.1 Å². The molecule has 1 atom stereocenters. The molecular formula is C16H17BrN2O. The van der Waals surface area contributed by atoms with Gasteiger partial charge >= 0.3 is 0 Å². The number of carbonyl (C=O) groups is 1. The minimum absolute atomic E-state index is 0.0462. The van der Waals surface area contributed by atoms with E-state index in [9.17, 15) is 4.79 Å². The monoisotopic (exact) mass is 332 g/mol. The van der Waals surface area contributed by atoms with Crippen LogP contribution in [-0.2, 0) is 4.79 Å². The van der Waals surface area contributed by atoms with Crippen molar-refractivity contribution < 1.29 is 4.79 Å². The Bertz CT molecular complexity index is 554. The Morgan fingerprint density at radius 3 is 2.40 bits per heavy atom. The van der Waals surface area contributed by atoms with Gasteiger partial charge in [-0.15, -0.1) is 0 Å². The normalized spacial score (nSPS) is 11.9. The fraction of sp³-hybridized carbons (Fsp3) is 0.188. The third-order valence-corrected chi connectivity index (χ3v) is 3.53. The molecule has 2 rings (SSSR count). The summed E-state index contributed by atoms with van der Waals surface area (Å²) < 4.78 is 0.992. The van der Waals surface area contributed by atoms with Crippen molar-refractivity contribution in [3.63, 3.8) is 0 Å². The molecule has 20 heavy (non-hydrogen) atoms. The lowest BCUT2D eigenvalue weighted by Gasteiger charge is -2.14. The summed E-state index contributed by atoms with van der Waals surface area (Å²) in [5.41, 5.74) is 1.97. The summed E-state index contributed by atoms with van der Waals surface area (Å²) in [4.78, 5) is 11.8. The van der Waals surface area contributed by atoms with Crippen LogP contribution in [0.4, 0.5) is 5.69 Å². The quantitative estimate of drug-likeness (QED) is 0.875. The highest BCUT2D eigenvalue weighted by molar-refractivity contribution is 9.10. The fourth-order valence-electron chi connectivity index (χ4n) is 1.84. The van der Waals surface area contributed by atoms with Gasteiger partial charge in [-0.3, -0.25) is 4.79 Å². The summed E-state index contributed by atoms with van der Waals surface area (Å²) in [5.74, 6) is -0.0462. The molecule has 0 aliphatic rings. The van der Waals surface area contributed by atoms with Crippen molar-refractivity contribution >= 4 is 27.5 Å². The fourth-order valence-corrected chi connectivity index (χ4v) is 2.11. The lowest BCUT2D eigenvalue weighted by molar-refractivity contribution is -0.115. The van der Waals surface area contributed by atoms with E-state index in [1.807, 2.05) is 61.5 Å². The number of hydrogen-bond acceptors (Lipinski definition) is 2. The van der Waals surface area contributed by atoms with Gasteiger partial charge in [0.2, 0.25) is 5.91 Å². The van der Waals surface area contributed by atoms with Crippen molar-refractivity contribution in [3.05, 3.63) is 64.6 Å². The Labute approximate surface area is 127 Å². The van der Waals surface area contributed by atoms with Crippen LogP contribution < -0.4 is 10.6 Å². The first kappa shape index (κ1) is 14.8. The summed E-state index contributed by atoms with van der Waals surface area (Å²) in [6.07, 6.45) is 0. The number of nitrogens with one attached hydrogen (secondary N) is 2. The van der Waals surface area contributed by atoms with Gasteiger partial charge in [0.15, 0.2) is 0 Å². The van der Waals surface area contributed by atoms with Gasteiger partial charge in [0.25, 0.3) is 0 Å². The number of amides is 1. The molecule has 0 radical (unpaired) electrons. The van der Waals surface area contributed by atoms with Crippen molar-refractivity contribution in [2.75, 3.05) is 11.9 Å². The van der Waals surface area contributed by atoms with Crippen LogP contribution in [0, 0.1) is 0 Å². The largest absolute Gasteiger partial charge is 0.325 e. The first-order valence-electron chi connectivity index (χ1n) is 6.49. The van der Waals surface area contributed by atoms with E-state index in [1.54, 1.807) is 0 Å². The Balaban J connectivity index is 1.82. The molecule has 0 heterocycles. The third kappa shape index (κ3) is 4.47. The predicted molar refractivity (Wildman–Crippen MR) is 85.6 cm³/mol. The minimum atomic E-state index is -0.0462. The molecule has 0 saturated carbocycles. The average Bonchev–Trinajstić information content (AvgIpc) is 2.48. The van der Waals surface area contributed by atoms with Crippen molar-refractivity contribution in [1.29, 1.82) is 0 Å². The van der Waals surface area contributed by atoms with Crippen LogP contribution in [0.3, 0.4) is 0 Å². The molecule has 104 valence electrons. The van der Waals surface area contributed by atoms with Gasteiger partial charge in [0.05, 0.1) is 6.54 Å². The second-order valence-corrected chi connectivity index (χ2v) is 5.48. The molecule has 0 bridgehead atoms. The first-order chi connectivity index (χ1) is 9.65. The van der Waals surface area contributed by atoms with E-state index in [-0.39, 0.29) is 18.5 Å². The average molecular weight is 333 g/mol. The molecule has 3 nitrogen and oxygen atoms in total. The third-order valence-electron chi connectivity index (χ3n) is 3.00. The second kappa shape index (κ2) is 7.22. The van der Waals surface area contributed by atoms with E-state index in [1.165, 1.54) is 5.56 Å². The molecule has 0 aliphatic heterocycles. The highest BCUT2D eigenvalue weighted by atomic mass is 79.9. The number of hydrogen-bond donors (Lipinski definition) is 2. The topological polar surface area (TPSA) is 41.1 Å². The lowest BCUT2D eigenvalue weighted by atomic mass is 10.1. The lowest BCUT2D eigenvalue weighted by Crippen LogP contribution is -2.30.